The predicted octanol–water partition coefficient (Wildman–Crippen LogP) is 1.92. The number of hydrogen-bond acceptors (Lipinski definition) is 5. The molecule has 0 atom stereocenters. The number of piperidine rings is 1. The van der Waals surface area contributed by atoms with Gasteiger partial charge < -0.3 is 10.1 Å². The minimum absolute atomic E-state index is 0.163. The summed E-state index contributed by atoms with van der Waals surface area (Å²) in [6, 6.07) is 6.04. The Bertz CT molecular complexity index is 622. The molecule has 138 valence electrons. The molecule has 6 nitrogen and oxygen atoms in total. The third-order valence-electron chi connectivity index (χ3n) is 4.70. The van der Waals surface area contributed by atoms with Crippen molar-refractivity contribution >= 4 is 11.9 Å². The van der Waals surface area contributed by atoms with Crippen LogP contribution in [0, 0.1) is 13.8 Å². The van der Waals surface area contributed by atoms with Crippen molar-refractivity contribution in [3.8, 4) is 0 Å². The molecule has 1 aliphatic heterocycles. The first kappa shape index (κ1) is 19.4. The van der Waals surface area contributed by atoms with E-state index in [1.807, 2.05) is 44.0 Å². The molecular formula is C19H28N2O4. The first-order valence-electron chi connectivity index (χ1n) is 8.73. The van der Waals surface area contributed by atoms with Gasteiger partial charge in [-0.05, 0) is 44.7 Å². The van der Waals surface area contributed by atoms with Gasteiger partial charge in [-0.1, -0.05) is 23.8 Å². The van der Waals surface area contributed by atoms with Crippen molar-refractivity contribution in [3.05, 3.63) is 34.9 Å². The molecule has 0 bridgehead atoms. The molecule has 1 saturated heterocycles. The zero-order chi connectivity index (χ0) is 18.4. The van der Waals surface area contributed by atoms with Crippen molar-refractivity contribution in [2.75, 3.05) is 26.8 Å². The van der Waals surface area contributed by atoms with Crippen LogP contribution < -0.4 is 5.32 Å². The molecule has 2 rings (SSSR count). The van der Waals surface area contributed by atoms with Gasteiger partial charge in [-0.2, -0.15) is 5.06 Å². The van der Waals surface area contributed by atoms with Gasteiger partial charge >= 0.3 is 5.97 Å². The molecule has 1 fully saturated rings. The van der Waals surface area contributed by atoms with Crippen LogP contribution in [0.4, 0.5) is 0 Å². The monoisotopic (exact) mass is 348 g/mol. The number of carbonyl (C=O) groups excluding carboxylic acids is 2. The molecule has 1 aliphatic rings. The number of amides is 1. The van der Waals surface area contributed by atoms with E-state index >= 15 is 0 Å². The van der Waals surface area contributed by atoms with Gasteiger partial charge in [0.15, 0.2) is 0 Å². The summed E-state index contributed by atoms with van der Waals surface area (Å²) >= 11 is 0. The maximum absolute atomic E-state index is 12.6. The van der Waals surface area contributed by atoms with Crippen molar-refractivity contribution in [2.24, 2.45) is 0 Å². The fourth-order valence-electron chi connectivity index (χ4n) is 3.23. The van der Waals surface area contributed by atoms with E-state index in [0.29, 0.717) is 32.5 Å². The quantitative estimate of drug-likeness (QED) is 0.796. The van der Waals surface area contributed by atoms with Crippen LogP contribution in [-0.2, 0) is 25.6 Å². The summed E-state index contributed by atoms with van der Waals surface area (Å²) in [6.07, 6.45) is 1.19. The molecule has 0 aliphatic carbocycles. The van der Waals surface area contributed by atoms with E-state index in [1.165, 1.54) is 7.11 Å². The number of hydroxylamine groups is 2. The van der Waals surface area contributed by atoms with Gasteiger partial charge in [0.25, 0.3) is 0 Å². The molecule has 0 spiro atoms. The van der Waals surface area contributed by atoms with E-state index in [1.54, 1.807) is 0 Å². The Balaban J connectivity index is 2.08. The van der Waals surface area contributed by atoms with Crippen LogP contribution >= 0.6 is 0 Å². The summed E-state index contributed by atoms with van der Waals surface area (Å²) in [5, 5.41) is 4.78. The lowest BCUT2D eigenvalue weighted by molar-refractivity contribution is -0.183. The van der Waals surface area contributed by atoms with Crippen LogP contribution in [0.15, 0.2) is 18.2 Å². The minimum Gasteiger partial charge on any atom is -0.467 e. The molecule has 25 heavy (non-hydrogen) atoms. The number of methoxy groups -OCH3 is 1. The Morgan fingerprint density at radius 1 is 1.24 bits per heavy atom. The van der Waals surface area contributed by atoms with E-state index in [4.69, 9.17) is 9.57 Å². The van der Waals surface area contributed by atoms with E-state index in [0.717, 1.165) is 16.7 Å². The highest BCUT2D eigenvalue weighted by molar-refractivity contribution is 5.89. The van der Waals surface area contributed by atoms with Crippen LogP contribution in [0.5, 0.6) is 0 Å². The zero-order valence-electron chi connectivity index (χ0n) is 15.6. The third-order valence-corrected chi connectivity index (χ3v) is 4.70. The van der Waals surface area contributed by atoms with Crippen LogP contribution in [0.25, 0.3) is 0 Å². The Morgan fingerprint density at radius 3 is 2.52 bits per heavy atom. The largest absolute Gasteiger partial charge is 0.467 e. The Morgan fingerprint density at radius 2 is 1.92 bits per heavy atom. The van der Waals surface area contributed by atoms with Crippen molar-refractivity contribution in [2.45, 2.75) is 45.6 Å². The molecule has 1 amide bonds. The molecule has 0 saturated carbocycles. The van der Waals surface area contributed by atoms with Crippen molar-refractivity contribution in [1.82, 2.24) is 10.4 Å². The summed E-state index contributed by atoms with van der Waals surface area (Å²) in [5.74, 6) is -0.554. The van der Waals surface area contributed by atoms with Crippen LogP contribution in [-0.4, -0.2) is 49.3 Å². The summed E-state index contributed by atoms with van der Waals surface area (Å²) in [5.41, 5.74) is 2.18. The van der Waals surface area contributed by atoms with E-state index < -0.39 is 11.5 Å². The molecule has 1 aromatic rings. The van der Waals surface area contributed by atoms with E-state index in [2.05, 4.69) is 5.32 Å². The second-order valence-electron chi connectivity index (χ2n) is 6.58. The van der Waals surface area contributed by atoms with Gasteiger partial charge in [-0.15, -0.1) is 0 Å². The van der Waals surface area contributed by atoms with E-state index in [-0.39, 0.29) is 12.3 Å². The Kier molecular flexibility index (Phi) is 6.56. The van der Waals surface area contributed by atoms with Crippen molar-refractivity contribution in [1.29, 1.82) is 0 Å². The topological polar surface area (TPSA) is 67.9 Å². The number of ether oxygens (including phenoxy) is 1. The molecule has 0 radical (unpaired) electrons. The van der Waals surface area contributed by atoms with Gasteiger partial charge in [0.1, 0.15) is 5.54 Å². The second-order valence-corrected chi connectivity index (χ2v) is 6.58. The summed E-state index contributed by atoms with van der Waals surface area (Å²) in [7, 11) is 1.36. The van der Waals surface area contributed by atoms with Gasteiger partial charge in [-0.3, -0.25) is 9.63 Å². The van der Waals surface area contributed by atoms with Crippen LogP contribution in [0.1, 0.15) is 36.5 Å². The number of esters is 1. The summed E-state index contributed by atoms with van der Waals surface area (Å²) < 4.78 is 4.97. The molecule has 6 heteroatoms. The lowest BCUT2D eigenvalue weighted by atomic mass is 9.87. The Labute approximate surface area is 149 Å². The maximum Gasteiger partial charge on any atom is 0.331 e. The predicted molar refractivity (Wildman–Crippen MR) is 94.9 cm³/mol. The van der Waals surface area contributed by atoms with Crippen molar-refractivity contribution in [3.63, 3.8) is 0 Å². The normalized spacial score (nSPS) is 17.1. The van der Waals surface area contributed by atoms with Gasteiger partial charge in [0.2, 0.25) is 5.91 Å². The average Bonchev–Trinajstić information content (AvgIpc) is 2.59. The van der Waals surface area contributed by atoms with Crippen molar-refractivity contribution < 1.29 is 19.2 Å². The maximum atomic E-state index is 12.6. The summed E-state index contributed by atoms with van der Waals surface area (Å²) in [6.45, 7) is 7.65. The van der Waals surface area contributed by atoms with E-state index in [9.17, 15) is 9.59 Å². The second kappa shape index (κ2) is 8.45. The molecule has 1 N–H and O–H groups in total. The molecular weight excluding hydrogens is 320 g/mol. The molecule has 0 aromatic heterocycles. The minimum atomic E-state index is -0.975. The first-order chi connectivity index (χ1) is 11.9. The molecule has 0 unspecified atom stereocenters. The van der Waals surface area contributed by atoms with Crippen LogP contribution in [0.3, 0.4) is 0 Å². The third kappa shape index (κ3) is 4.80. The highest BCUT2D eigenvalue weighted by Crippen LogP contribution is 2.24. The van der Waals surface area contributed by atoms with Crippen LogP contribution in [0.2, 0.25) is 0 Å². The fourth-order valence-corrected chi connectivity index (χ4v) is 3.23. The highest BCUT2D eigenvalue weighted by Gasteiger charge is 2.44. The lowest BCUT2D eigenvalue weighted by Gasteiger charge is -2.39. The standard InChI is InChI=1S/C19H28N2O4/c1-5-25-21-10-8-19(9-11-21,18(23)24-4)20-17(22)13-16-12-14(2)6-7-15(16)3/h6-7,12H,5,8-11,13H2,1-4H3,(H,20,22). The number of nitrogens with zero attached hydrogens (tertiary/aromatic N) is 1. The smallest absolute Gasteiger partial charge is 0.331 e. The summed E-state index contributed by atoms with van der Waals surface area (Å²) in [4.78, 5) is 30.5. The average molecular weight is 348 g/mol. The SMILES string of the molecule is CCON1CCC(NC(=O)Cc2cc(C)ccc2C)(C(=O)OC)CC1. The van der Waals surface area contributed by atoms with Gasteiger partial charge in [0.05, 0.1) is 20.1 Å². The number of hydrogen-bond donors (Lipinski definition) is 1. The number of carbonyl (C=O) groups is 2. The first-order valence-corrected chi connectivity index (χ1v) is 8.73. The number of nitrogens with one attached hydrogen (secondary N) is 1. The number of rotatable bonds is 6. The lowest BCUT2D eigenvalue weighted by Crippen LogP contribution is -2.60. The molecule has 1 heterocycles. The van der Waals surface area contributed by atoms with Gasteiger partial charge in [0, 0.05) is 13.1 Å². The molecule has 1 aromatic carbocycles. The van der Waals surface area contributed by atoms with Gasteiger partial charge in [-0.25, -0.2) is 4.79 Å². The highest BCUT2D eigenvalue weighted by atomic mass is 16.7. The zero-order valence-corrected chi connectivity index (χ0v) is 15.6. The number of aryl methyl sites for hydroxylation is 2. The fraction of sp³-hybridized carbons (Fsp3) is 0.579. The number of benzene rings is 1. The Hall–Kier alpha value is -1.92.